The number of H-pyrrole nitrogens is 1. The number of nitrogens with one attached hydrogen (secondary N) is 1. The third-order valence-electron chi connectivity index (χ3n) is 4.90. The molecule has 1 heterocycles. The van der Waals surface area contributed by atoms with Gasteiger partial charge in [-0.2, -0.15) is 0 Å². The molecule has 0 bridgehead atoms. The first-order chi connectivity index (χ1) is 12.9. The van der Waals surface area contributed by atoms with Crippen LogP contribution in [0.1, 0.15) is 41.2 Å². The van der Waals surface area contributed by atoms with E-state index < -0.39 is 0 Å². The van der Waals surface area contributed by atoms with Gasteiger partial charge in [0.15, 0.2) is 0 Å². The van der Waals surface area contributed by atoms with E-state index in [0.717, 1.165) is 27.6 Å². The lowest BCUT2D eigenvalue weighted by molar-refractivity contribution is -0.132. The molecular formula is C23H26N2O2. The predicted molar refractivity (Wildman–Crippen MR) is 110 cm³/mol. The van der Waals surface area contributed by atoms with Gasteiger partial charge in [0.2, 0.25) is 5.91 Å². The van der Waals surface area contributed by atoms with Gasteiger partial charge in [0.25, 0.3) is 5.56 Å². The summed E-state index contributed by atoms with van der Waals surface area (Å²) in [5.74, 6) is 0.0377. The number of aryl methyl sites for hydroxylation is 3. The molecule has 0 aliphatic carbocycles. The number of carbonyl (C=O) groups excluding carboxylic acids is 1. The van der Waals surface area contributed by atoms with E-state index in [0.29, 0.717) is 25.1 Å². The Morgan fingerprint density at radius 2 is 1.67 bits per heavy atom. The van der Waals surface area contributed by atoms with E-state index in [1.165, 1.54) is 5.56 Å². The molecule has 4 heteroatoms. The van der Waals surface area contributed by atoms with E-state index in [1.807, 2.05) is 64.1 Å². The lowest BCUT2D eigenvalue weighted by Gasteiger charge is -2.22. The molecule has 140 valence electrons. The molecular weight excluding hydrogens is 336 g/mol. The summed E-state index contributed by atoms with van der Waals surface area (Å²) in [6.07, 6.45) is 0.412. The number of amides is 1. The van der Waals surface area contributed by atoms with Crippen LogP contribution in [0.3, 0.4) is 0 Å². The first-order valence-electron chi connectivity index (χ1n) is 9.34. The number of aromatic nitrogens is 1. The normalized spacial score (nSPS) is 11.0. The smallest absolute Gasteiger partial charge is 0.253 e. The Balaban J connectivity index is 1.95. The second kappa shape index (κ2) is 7.78. The highest BCUT2D eigenvalue weighted by Gasteiger charge is 2.16. The molecule has 0 radical (unpaired) electrons. The van der Waals surface area contributed by atoms with Gasteiger partial charge in [-0.15, -0.1) is 0 Å². The Hall–Kier alpha value is -2.88. The van der Waals surface area contributed by atoms with Crippen molar-refractivity contribution >= 4 is 16.8 Å². The molecule has 0 atom stereocenters. The summed E-state index contributed by atoms with van der Waals surface area (Å²) in [4.78, 5) is 29.8. The topological polar surface area (TPSA) is 53.2 Å². The average Bonchev–Trinajstić information content (AvgIpc) is 2.63. The van der Waals surface area contributed by atoms with Crippen LogP contribution >= 0.6 is 0 Å². The van der Waals surface area contributed by atoms with Crippen molar-refractivity contribution in [1.82, 2.24) is 9.88 Å². The minimum Gasteiger partial charge on any atom is -0.334 e. The molecule has 0 aliphatic rings. The Kier molecular flexibility index (Phi) is 5.45. The molecule has 2 aromatic carbocycles. The van der Waals surface area contributed by atoms with E-state index >= 15 is 0 Å². The number of hydrogen-bond donors (Lipinski definition) is 1. The first-order valence-corrected chi connectivity index (χ1v) is 9.34. The highest BCUT2D eigenvalue weighted by Crippen LogP contribution is 2.19. The molecule has 27 heavy (non-hydrogen) atoms. The summed E-state index contributed by atoms with van der Waals surface area (Å²) in [6, 6.07) is 14.1. The maximum Gasteiger partial charge on any atom is 0.253 e. The molecule has 0 unspecified atom stereocenters. The van der Waals surface area contributed by atoms with Crippen LogP contribution in [0.5, 0.6) is 0 Å². The molecule has 0 aliphatic heterocycles. The summed E-state index contributed by atoms with van der Waals surface area (Å²) in [5, 5.41) is 1.02. The van der Waals surface area contributed by atoms with Crippen molar-refractivity contribution in [2.24, 2.45) is 0 Å². The van der Waals surface area contributed by atoms with Crippen LogP contribution < -0.4 is 5.56 Å². The van der Waals surface area contributed by atoms with Crippen LogP contribution in [-0.2, 0) is 17.9 Å². The Labute approximate surface area is 159 Å². The van der Waals surface area contributed by atoms with Gasteiger partial charge in [-0.1, -0.05) is 42.8 Å². The van der Waals surface area contributed by atoms with Crippen LogP contribution in [0.25, 0.3) is 10.9 Å². The van der Waals surface area contributed by atoms with Crippen molar-refractivity contribution in [3.8, 4) is 0 Å². The minimum atomic E-state index is -0.134. The van der Waals surface area contributed by atoms with Gasteiger partial charge < -0.3 is 9.88 Å². The van der Waals surface area contributed by atoms with Gasteiger partial charge in [-0.25, -0.2) is 0 Å². The zero-order valence-electron chi connectivity index (χ0n) is 16.4. The van der Waals surface area contributed by atoms with E-state index in [9.17, 15) is 9.59 Å². The van der Waals surface area contributed by atoms with E-state index in [4.69, 9.17) is 0 Å². The minimum absolute atomic E-state index is 0.0377. The van der Waals surface area contributed by atoms with Crippen LogP contribution in [0.4, 0.5) is 0 Å². The summed E-state index contributed by atoms with van der Waals surface area (Å²) in [6.45, 7) is 8.75. The number of fused-ring (bicyclic) bond motifs is 1. The number of rotatable bonds is 5. The fraction of sp³-hybridized carbons (Fsp3) is 0.304. The average molecular weight is 362 g/mol. The standard InChI is InChI=1S/C23H26N2O2/c1-5-22(26)25(13-18-8-6-15(2)7-9-18)14-19-12-20-17(4)10-16(3)11-21(20)24-23(19)27/h6-12H,5,13-14H2,1-4H3,(H,24,27). The molecule has 4 nitrogen and oxygen atoms in total. The largest absolute Gasteiger partial charge is 0.334 e. The highest BCUT2D eigenvalue weighted by atomic mass is 16.2. The Morgan fingerprint density at radius 1 is 0.963 bits per heavy atom. The molecule has 0 saturated heterocycles. The van der Waals surface area contributed by atoms with Crippen molar-refractivity contribution in [1.29, 1.82) is 0 Å². The fourth-order valence-corrected chi connectivity index (χ4v) is 3.41. The van der Waals surface area contributed by atoms with Crippen LogP contribution in [0.2, 0.25) is 0 Å². The molecule has 0 saturated carbocycles. The lowest BCUT2D eigenvalue weighted by Crippen LogP contribution is -2.32. The van der Waals surface area contributed by atoms with Crippen molar-refractivity contribution in [2.45, 2.75) is 47.2 Å². The number of nitrogens with zero attached hydrogens (tertiary/aromatic N) is 1. The molecule has 0 fully saturated rings. The van der Waals surface area contributed by atoms with Crippen molar-refractivity contribution in [2.75, 3.05) is 0 Å². The van der Waals surface area contributed by atoms with Crippen molar-refractivity contribution in [3.05, 3.63) is 80.6 Å². The van der Waals surface area contributed by atoms with Gasteiger partial charge in [0.1, 0.15) is 0 Å². The quantitative estimate of drug-likeness (QED) is 0.732. The number of hydrogen-bond acceptors (Lipinski definition) is 2. The van der Waals surface area contributed by atoms with Crippen LogP contribution in [0.15, 0.2) is 47.3 Å². The summed E-state index contributed by atoms with van der Waals surface area (Å²) in [5.41, 5.74) is 5.80. The van der Waals surface area contributed by atoms with Gasteiger partial charge in [0.05, 0.1) is 6.54 Å². The molecule has 3 rings (SSSR count). The molecule has 1 N–H and O–H groups in total. The summed E-state index contributed by atoms with van der Waals surface area (Å²) < 4.78 is 0. The lowest BCUT2D eigenvalue weighted by atomic mass is 10.0. The molecule has 1 amide bonds. The predicted octanol–water partition coefficient (Wildman–Crippen LogP) is 4.39. The molecule has 0 spiro atoms. The Bertz CT molecular complexity index is 1030. The zero-order chi connectivity index (χ0) is 19.6. The van der Waals surface area contributed by atoms with Gasteiger partial charge in [0, 0.05) is 29.4 Å². The van der Waals surface area contributed by atoms with E-state index in [2.05, 4.69) is 11.1 Å². The highest BCUT2D eigenvalue weighted by molar-refractivity contribution is 5.83. The van der Waals surface area contributed by atoms with E-state index in [-0.39, 0.29) is 11.5 Å². The Morgan fingerprint density at radius 3 is 2.33 bits per heavy atom. The van der Waals surface area contributed by atoms with Gasteiger partial charge in [-0.05, 0) is 49.6 Å². The number of aromatic amines is 1. The second-order valence-electron chi connectivity index (χ2n) is 7.26. The first kappa shape index (κ1) is 18.9. The van der Waals surface area contributed by atoms with Crippen LogP contribution in [-0.4, -0.2) is 15.8 Å². The molecule has 3 aromatic rings. The third-order valence-corrected chi connectivity index (χ3v) is 4.90. The maximum absolute atomic E-state index is 12.6. The number of pyridine rings is 1. The SMILES string of the molecule is CCC(=O)N(Cc1ccc(C)cc1)Cc1cc2c(C)cc(C)cc2[nH]c1=O. The van der Waals surface area contributed by atoms with E-state index in [1.54, 1.807) is 4.90 Å². The van der Waals surface area contributed by atoms with Crippen LogP contribution in [0, 0.1) is 20.8 Å². The number of benzene rings is 2. The number of carbonyl (C=O) groups is 1. The maximum atomic E-state index is 12.6. The van der Waals surface area contributed by atoms with Crippen molar-refractivity contribution in [3.63, 3.8) is 0 Å². The summed E-state index contributed by atoms with van der Waals surface area (Å²) in [7, 11) is 0. The van der Waals surface area contributed by atoms with Gasteiger partial charge >= 0.3 is 0 Å². The molecule has 1 aromatic heterocycles. The van der Waals surface area contributed by atoms with Gasteiger partial charge in [-0.3, -0.25) is 9.59 Å². The second-order valence-corrected chi connectivity index (χ2v) is 7.26. The van der Waals surface area contributed by atoms with Crippen molar-refractivity contribution < 1.29 is 4.79 Å². The monoisotopic (exact) mass is 362 g/mol. The fourth-order valence-electron chi connectivity index (χ4n) is 3.41. The third kappa shape index (κ3) is 4.27. The zero-order valence-corrected chi connectivity index (χ0v) is 16.4. The summed E-state index contributed by atoms with van der Waals surface area (Å²) >= 11 is 0.